The molecule has 0 radical (unpaired) electrons. The van der Waals surface area contributed by atoms with Gasteiger partial charge in [0.15, 0.2) is 11.6 Å². The van der Waals surface area contributed by atoms with Crippen LogP contribution in [-0.4, -0.2) is 4.92 Å². The van der Waals surface area contributed by atoms with E-state index in [1.807, 2.05) is 0 Å². The van der Waals surface area contributed by atoms with Gasteiger partial charge < -0.3 is 10.5 Å². The molecule has 7 heteroatoms. The van der Waals surface area contributed by atoms with Gasteiger partial charge in [-0.05, 0) is 24.6 Å². The van der Waals surface area contributed by atoms with Crippen LogP contribution in [-0.2, 0) is 0 Å². The normalized spacial score (nSPS) is 12.0. The van der Waals surface area contributed by atoms with E-state index in [-0.39, 0.29) is 11.8 Å². The molecule has 0 heterocycles. The lowest BCUT2D eigenvalue weighted by molar-refractivity contribution is -0.387. The summed E-state index contributed by atoms with van der Waals surface area (Å²) in [4.78, 5) is 9.49. The van der Waals surface area contributed by atoms with Crippen LogP contribution in [0.25, 0.3) is 0 Å². The lowest BCUT2D eigenvalue weighted by Crippen LogP contribution is -2.04. The van der Waals surface area contributed by atoms with Gasteiger partial charge in [0.25, 0.3) is 0 Å². The van der Waals surface area contributed by atoms with Crippen molar-refractivity contribution in [3.8, 4) is 11.5 Å². The monoisotopic (exact) mass is 294 g/mol. The molecular formula is C14H12F2N2O3. The van der Waals surface area contributed by atoms with Gasteiger partial charge in [0.1, 0.15) is 5.75 Å². The van der Waals surface area contributed by atoms with Gasteiger partial charge in [-0.25, -0.2) is 4.39 Å². The van der Waals surface area contributed by atoms with Crippen molar-refractivity contribution in [3.63, 3.8) is 0 Å². The largest absolute Gasteiger partial charge is 0.454 e. The molecule has 5 nitrogen and oxygen atoms in total. The van der Waals surface area contributed by atoms with Crippen LogP contribution in [0.15, 0.2) is 36.4 Å². The number of nitro groups is 1. The maximum absolute atomic E-state index is 13.7. The van der Waals surface area contributed by atoms with E-state index < -0.39 is 28.0 Å². The smallest absolute Gasteiger partial charge is 0.307 e. The van der Waals surface area contributed by atoms with E-state index in [1.165, 1.54) is 0 Å². The van der Waals surface area contributed by atoms with Crippen LogP contribution in [0.4, 0.5) is 14.5 Å². The second-order valence-electron chi connectivity index (χ2n) is 4.45. The average molecular weight is 294 g/mol. The zero-order valence-electron chi connectivity index (χ0n) is 11.0. The highest BCUT2D eigenvalue weighted by Gasteiger charge is 2.19. The molecule has 2 N–H and O–H groups in total. The maximum atomic E-state index is 13.7. The van der Waals surface area contributed by atoms with E-state index in [0.717, 1.165) is 5.56 Å². The van der Waals surface area contributed by atoms with Gasteiger partial charge >= 0.3 is 5.69 Å². The van der Waals surface area contributed by atoms with E-state index in [2.05, 4.69) is 0 Å². The first kappa shape index (κ1) is 14.9. The highest BCUT2D eigenvalue weighted by molar-refractivity contribution is 5.42. The van der Waals surface area contributed by atoms with Crippen LogP contribution < -0.4 is 10.5 Å². The molecule has 0 aromatic heterocycles. The third-order valence-electron chi connectivity index (χ3n) is 2.83. The van der Waals surface area contributed by atoms with Crippen LogP contribution in [0, 0.1) is 21.7 Å². The molecule has 0 saturated heterocycles. The highest BCUT2D eigenvalue weighted by Crippen LogP contribution is 2.30. The molecule has 2 rings (SSSR count). The molecule has 0 fully saturated rings. The van der Waals surface area contributed by atoms with Crippen LogP contribution in [0.1, 0.15) is 18.5 Å². The van der Waals surface area contributed by atoms with Crippen molar-refractivity contribution >= 4 is 5.69 Å². The summed E-state index contributed by atoms with van der Waals surface area (Å²) in [6.45, 7) is 1.81. The molecule has 0 saturated carbocycles. The van der Waals surface area contributed by atoms with Gasteiger partial charge in [-0.2, -0.15) is 4.39 Å². The van der Waals surface area contributed by atoms with Crippen molar-refractivity contribution < 1.29 is 18.4 Å². The molecule has 110 valence electrons. The number of nitrogens with zero attached hydrogens (tertiary/aromatic N) is 1. The molecule has 0 spiro atoms. The van der Waals surface area contributed by atoms with Crippen molar-refractivity contribution in [2.24, 2.45) is 5.73 Å². The standard InChI is InChI=1S/C14H12F2N2O3/c1-8(17)9-2-4-10(5-3-9)21-14-7-11(15)13(18(19)20)6-12(14)16/h2-8H,17H2,1H3/t8-/m0/s1. The summed E-state index contributed by atoms with van der Waals surface area (Å²) < 4.78 is 32.3. The average Bonchev–Trinajstić information content (AvgIpc) is 2.42. The van der Waals surface area contributed by atoms with Gasteiger partial charge in [-0.3, -0.25) is 10.1 Å². The van der Waals surface area contributed by atoms with Crippen LogP contribution in [0.2, 0.25) is 0 Å². The summed E-state index contributed by atoms with van der Waals surface area (Å²) in [5.74, 6) is -2.33. The van der Waals surface area contributed by atoms with E-state index in [9.17, 15) is 18.9 Å². The number of ether oxygens (including phenoxy) is 1. The molecule has 2 aromatic rings. The van der Waals surface area contributed by atoms with Crippen LogP contribution in [0.5, 0.6) is 11.5 Å². The number of halogens is 2. The number of nitro benzene ring substituents is 1. The third-order valence-corrected chi connectivity index (χ3v) is 2.83. The van der Waals surface area contributed by atoms with Crippen molar-refractivity contribution in [2.45, 2.75) is 13.0 Å². The third kappa shape index (κ3) is 3.32. The minimum absolute atomic E-state index is 0.160. The summed E-state index contributed by atoms with van der Waals surface area (Å²) >= 11 is 0. The molecule has 0 aliphatic rings. The minimum atomic E-state index is -1.16. The van der Waals surface area contributed by atoms with E-state index in [1.54, 1.807) is 31.2 Å². The van der Waals surface area contributed by atoms with Gasteiger partial charge in [0.05, 0.1) is 11.0 Å². The van der Waals surface area contributed by atoms with Gasteiger partial charge in [-0.15, -0.1) is 0 Å². The predicted octanol–water partition coefficient (Wildman–Crippen LogP) is 3.69. The van der Waals surface area contributed by atoms with Crippen molar-refractivity contribution in [1.29, 1.82) is 0 Å². The molecule has 0 aliphatic carbocycles. The Morgan fingerprint density at radius 1 is 1.19 bits per heavy atom. The highest BCUT2D eigenvalue weighted by atomic mass is 19.1. The topological polar surface area (TPSA) is 78.4 Å². The Morgan fingerprint density at radius 2 is 1.81 bits per heavy atom. The maximum Gasteiger partial charge on any atom is 0.307 e. The summed E-state index contributed by atoms with van der Waals surface area (Å²) in [7, 11) is 0. The van der Waals surface area contributed by atoms with Gasteiger partial charge in [0, 0.05) is 12.1 Å². The second kappa shape index (κ2) is 5.84. The number of hydrogen-bond donors (Lipinski definition) is 1. The first-order chi connectivity index (χ1) is 9.88. The second-order valence-corrected chi connectivity index (χ2v) is 4.45. The quantitative estimate of drug-likeness (QED) is 0.689. The number of benzene rings is 2. The van der Waals surface area contributed by atoms with E-state index >= 15 is 0 Å². The summed E-state index contributed by atoms with van der Waals surface area (Å²) in [5, 5.41) is 10.5. The Labute approximate surface area is 119 Å². The summed E-state index contributed by atoms with van der Waals surface area (Å²) in [6, 6.07) is 7.47. The molecule has 2 aromatic carbocycles. The molecule has 21 heavy (non-hydrogen) atoms. The lowest BCUT2D eigenvalue weighted by atomic mass is 10.1. The Kier molecular flexibility index (Phi) is 4.13. The number of nitrogens with two attached hydrogens (primary N) is 1. The summed E-state index contributed by atoms with van der Waals surface area (Å²) in [5.41, 5.74) is 5.61. The fourth-order valence-corrected chi connectivity index (χ4v) is 1.70. The lowest BCUT2D eigenvalue weighted by Gasteiger charge is -2.09. The number of hydrogen-bond acceptors (Lipinski definition) is 4. The fourth-order valence-electron chi connectivity index (χ4n) is 1.70. The Bertz CT molecular complexity index is 673. The van der Waals surface area contributed by atoms with Crippen molar-refractivity contribution in [3.05, 3.63) is 63.7 Å². The zero-order chi connectivity index (χ0) is 15.6. The first-order valence-electron chi connectivity index (χ1n) is 6.05. The molecular weight excluding hydrogens is 282 g/mol. The van der Waals surface area contributed by atoms with Crippen LogP contribution in [0.3, 0.4) is 0 Å². The SMILES string of the molecule is C[C@H](N)c1ccc(Oc2cc(F)c([N+](=O)[O-])cc2F)cc1. The molecule has 0 bridgehead atoms. The van der Waals surface area contributed by atoms with E-state index in [4.69, 9.17) is 10.5 Å². The molecule has 1 atom stereocenters. The zero-order valence-corrected chi connectivity index (χ0v) is 11.0. The molecule has 0 amide bonds. The Balaban J connectivity index is 2.27. The number of rotatable bonds is 4. The predicted molar refractivity (Wildman–Crippen MR) is 72.1 cm³/mol. The summed E-state index contributed by atoms with van der Waals surface area (Å²) in [6.07, 6.45) is 0. The van der Waals surface area contributed by atoms with Crippen LogP contribution >= 0.6 is 0 Å². The van der Waals surface area contributed by atoms with Gasteiger partial charge in [0.2, 0.25) is 5.82 Å². The van der Waals surface area contributed by atoms with Crippen molar-refractivity contribution in [1.82, 2.24) is 0 Å². The van der Waals surface area contributed by atoms with Gasteiger partial charge in [-0.1, -0.05) is 12.1 Å². The van der Waals surface area contributed by atoms with Crippen molar-refractivity contribution in [2.75, 3.05) is 0 Å². The fraction of sp³-hybridized carbons (Fsp3) is 0.143. The Morgan fingerprint density at radius 3 is 2.33 bits per heavy atom. The molecule has 0 aliphatic heterocycles. The first-order valence-corrected chi connectivity index (χ1v) is 6.05. The molecule has 0 unspecified atom stereocenters. The Hall–Kier alpha value is -2.54. The van der Waals surface area contributed by atoms with E-state index in [0.29, 0.717) is 12.1 Å². The minimum Gasteiger partial charge on any atom is -0.454 e.